The summed E-state index contributed by atoms with van der Waals surface area (Å²) in [7, 11) is 1.59. The fourth-order valence-corrected chi connectivity index (χ4v) is 2.79. The zero-order valence-corrected chi connectivity index (χ0v) is 15.3. The summed E-state index contributed by atoms with van der Waals surface area (Å²) in [6.45, 7) is 7.77. The smallest absolute Gasteiger partial charge is 0.247 e. The highest BCUT2D eigenvalue weighted by Gasteiger charge is 2.23. The van der Waals surface area contributed by atoms with Gasteiger partial charge >= 0.3 is 0 Å². The van der Waals surface area contributed by atoms with Crippen molar-refractivity contribution in [2.45, 2.75) is 39.2 Å². The van der Waals surface area contributed by atoms with E-state index in [2.05, 4.69) is 20.6 Å². The molecule has 0 aliphatic heterocycles. The van der Waals surface area contributed by atoms with Crippen LogP contribution >= 0.6 is 11.3 Å². The monoisotopic (exact) mass is 350 g/mol. The highest BCUT2D eigenvalue weighted by atomic mass is 32.1. The van der Waals surface area contributed by atoms with E-state index in [0.717, 1.165) is 5.01 Å². The van der Waals surface area contributed by atoms with Crippen molar-refractivity contribution >= 4 is 28.3 Å². The van der Waals surface area contributed by atoms with Gasteiger partial charge in [-0.3, -0.25) is 19.6 Å². The number of amides is 2. The summed E-state index contributed by atoms with van der Waals surface area (Å²) in [6.07, 6.45) is 3.32. The Morgan fingerprint density at radius 3 is 2.62 bits per heavy atom. The molecule has 0 aliphatic carbocycles. The third kappa shape index (κ3) is 4.38. The zero-order valence-electron chi connectivity index (χ0n) is 14.5. The Morgan fingerprint density at radius 2 is 2.08 bits per heavy atom. The molecular formula is C15H22N6O2S. The van der Waals surface area contributed by atoms with Crippen molar-refractivity contribution in [1.82, 2.24) is 24.9 Å². The number of rotatable bonds is 5. The summed E-state index contributed by atoms with van der Waals surface area (Å²) in [6, 6.07) is 1.28. The Hall–Kier alpha value is -2.29. The van der Waals surface area contributed by atoms with Crippen molar-refractivity contribution in [1.29, 1.82) is 0 Å². The summed E-state index contributed by atoms with van der Waals surface area (Å²) in [5.41, 5.74) is -0.118. The highest BCUT2D eigenvalue weighted by Crippen LogP contribution is 2.27. The van der Waals surface area contributed by atoms with Crippen LogP contribution in [0.3, 0.4) is 0 Å². The third-order valence-electron chi connectivity index (χ3n) is 3.35. The number of likely N-dealkylation sites (N-methyl/N-ethyl adjacent to an activating group) is 1. The minimum atomic E-state index is -0.466. The molecule has 1 N–H and O–H groups in total. The van der Waals surface area contributed by atoms with Gasteiger partial charge in [0.25, 0.3) is 0 Å². The summed E-state index contributed by atoms with van der Waals surface area (Å²) < 4.78 is 1.55. The molecule has 0 spiro atoms. The minimum Gasteiger partial charge on any atom is -0.335 e. The van der Waals surface area contributed by atoms with Crippen LogP contribution in [0, 0.1) is 0 Å². The fraction of sp³-hybridized carbons (Fsp3) is 0.533. The van der Waals surface area contributed by atoms with Crippen molar-refractivity contribution in [3.05, 3.63) is 23.5 Å². The van der Waals surface area contributed by atoms with Crippen LogP contribution in [0.15, 0.2) is 18.5 Å². The van der Waals surface area contributed by atoms with E-state index in [1.165, 1.54) is 16.2 Å². The van der Waals surface area contributed by atoms with Gasteiger partial charge in [0.15, 0.2) is 0 Å². The maximum Gasteiger partial charge on any atom is 0.247 e. The molecule has 1 atom stereocenters. The molecule has 0 radical (unpaired) electrons. The summed E-state index contributed by atoms with van der Waals surface area (Å²) in [4.78, 5) is 25.8. The van der Waals surface area contributed by atoms with Gasteiger partial charge in [-0.2, -0.15) is 5.10 Å². The predicted molar refractivity (Wildman–Crippen MR) is 91.8 cm³/mol. The van der Waals surface area contributed by atoms with Gasteiger partial charge in [-0.1, -0.05) is 32.1 Å². The van der Waals surface area contributed by atoms with Crippen LogP contribution in [0.1, 0.15) is 38.7 Å². The van der Waals surface area contributed by atoms with E-state index in [-0.39, 0.29) is 23.8 Å². The van der Waals surface area contributed by atoms with E-state index in [0.29, 0.717) is 5.13 Å². The van der Waals surface area contributed by atoms with Crippen LogP contribution < -0.4 is 5.32 Å². The minimum absolute atomic E-state index is 0.0606. The van der Waals surface area contributed by atoms with Gasteiger partial charge in [0.05, 0.1) is 6.54 Å². The molecule has 0 saturated carbocycles. The molecule has 0 saturated heterocycles. The molecule has 8 nitrogen and oxygen atoms in total. The van der Waals surface area contributed by atoms with Crippen molar-refractivity contribution in [2.24, 2.45) is 0 Å². The average molecular weight is 350 g/mol. The fourth-order valence-electron chi connectivity index (χ4n) is 1.97. The molecule has 0 fully saturated rings. The van der Waals surface area contributed by atoms with E-state index >= 15 is 0 Å². The molecule has 24 heavy (non-hydrogen) atoms. The molecule has 1 unspecified atom stereocenters. The predicted octanol–water partition coefficient (Wildman–Crippen LogP) is 1.69. The quantitative estimate of drug-likeness (QED) is 0.886. The molecule has 2 heterocycles. The van der Waals surface area contributed by atoms with E-state index in [9.17, 15) is 9.59 Å². The topological polar surface area (TPSA) is 93.0 Å². The lowest BCUT2D eigenvalue weighted by Gasteiger charge is -2.20. The van der Waals surface area contributed by atoms with Gasteiger partial charge in [-0.15, -0.1) is 10.2 Å². The first-order valence-electron chi connectivity index (χ1n) is 7.56. The first-order valence-corrected chi connectivity index (χ1v) is 8.38. The maximum absolute atomic E-state index is 12.3. The van der Waals surface area contributed by atoms with Crippen molar-refractivity contribution < 1.29 is 9.59 Å². The van der Waals surface area contributed by atoms with Gasteiger partial charge in [-0.05, 0) is 13.0 Å². The molecule has 2 amide bonds. The normalized spacial score (nSPS) is 12.7. The Kier molecular flexibility index (Phi) is 5.33. The van der Waals surface area contributed by atoms with Crippen LogP contribution in [0.4, 0.5) is 5.13 Å². The summed E-state index contributed by atoms with van der Waals surface area (Å²) in [5.74, 6) is -0.503. The number of carbonyl (C=O) groups is 2. The molecule has 0 aromatic carbocycles. The SMILES string of the molecule is CC(C(=O)N(C)CC(=O)Nc1nnc(C(C)(C)C)s1)n1cccn1. The van der Waals surface area contributed by atoms with E-state index < -0.39 is 6.04 Å². The number of anilines is 1. The Bertz CT molecular complexity index is 704. The number of aromatic nitrogens is 4. The second kappa shape index (κ2) is 7.08. The zero-order chi connectivity index (χ0) is 17.9. The number of carbonyl (C=O) groups excluding carboxylic acids is 2. The molecular weight excluding hydrogens is 328 g/mol. The lowest BCUT2D eigenvalue weighted by Crippen LogP contribution is -2.38. The van der Waals surface area contributed by atoms with Gasteiger partial charge < -0.3 is 4.90 Å². The number of nitrogens with zero attached hydrogens (tertiary/aromatic N) is 5. The Balaban J connectivity index is 1.92. The first kappa shape index (κ1) is 18.1. The standard InChI is InChI=1S/C15H22N6O2S/c1-10(21-8-6-7-16-21)12(23)20(5)9-11(22)17-14-19-18-13(24-14)15(2,3)4/h6-8,10H,9H2,1-5H3,(H,17,19,22). The maximum atomic E-state index is 12.3. The third-order valence-corrected chi connectivity index (χ3v) is 4.61. The van der Waals surface area contributed by atoms with E-state index in [1.807, 2.05) is 20.8 Å². The Morgan fingerprint density at radius 1 is 1.38 bits per heavy atom. The van der Waals surface area contributed by atoms with Crippen LogP contribution in [-0.2, 0) is 15.0 Å². The summed E-state index contributed by atoms with van der Waals surface area (Å²) >= 11 is 1.34. The van der Waals surface area contributed by atoms with Gasteiger partial charge in [0.2, 0.25) is 16.9 Å². The van der Waals surface area contributed by atoms with Crippen LogP contribution in [-0.4, -0.2) is 50.3 Å². The average Bonchev–Trinajstić information content (AvgIpc) is 3.15. The number of nitrogens with one attached hydrogen (secondary N) is 1. The lowest BCUT2D eigenvalue weighted by molar-refractivity contribution is -0.136. The van der Waals surface area contributed by atoms with Crippen LogP contribution in [0.5, 0.6) is 0 Å². The Labute approximate surface area is 144 Å². The van der Waals surface area contributed by atoms with Crippen LogP contribution in [0.2, 0.25) is 0 Å². The second-order valence-electron chi connectivity index (χ2n) is 6.57. The van der Waals surface area contributed by atoms with Crippen molar-refractivity contribution in [3.8, 4) is 0 Å². The second-order valence-corrected chi connectivity index (χ2v) is 7.54. The highest BCUT2D eigenvalue weighted by molar-refractivity contribution is 7.15. The van der Waals surface area contributed by atoms with E-state index in [1.54, 1.807) is 37.1 Å². The molecule has 130 valence electrons. The number of hydrogen-bond acceptors (Lipinski definition) is 6. The molecule has 9 heteroatoms. The van der Waals surface area contributed by atoms with Gasteiger partial charge in [0.1, 0.15) is 11.0 Å². The molecule has 2 rings (SSSR count). The van der Waals surface area contributed by atoms with Gasteiger partial charge in [-0.25, -0.2) is 0 Å². The van der Waals surface area contributed by atoms with Crippen molar-refractivity contribution in [2.75, 3.05) is 18.9 Å². The number of hydrogen-bond donors (Lipinski definition) is 1. The molecule has 0 aliphatic rings. The lowest BCUT2D eigenvalue weighted by atomic mass is 9.98. The largest absolute Gasteiger partial charge is 0.335 e. The molecule has 2 aromatic heterocycles. The van der Waals surface area contributed by atoms with E-state index in [4.69, 9.17) is 0 Å². The molecule has 0 bridgehead atoms. The summed E-state index contributed by atoms with van der Waals surface area (Å²) in [5, 5.41) is 16.1. The van der Waals surface area contributed by atoms with Gasteiger partial charge in [0, 0.05) is 24.9 Å². The van der Waals surface area contributed by atoms with Crippen LogP contribution in [0.25, 0.3) is 0 Å². The van der Waals surface area contributed by atoms with Crippen molar-refractivity contribution in [3.63, 3.8) is 0 Å². The first-order chi connectivity index (χ1) is 11.2. The molecule has 2 aromatic rings.